The minimum absolute atomic E-state index is 0.143. The molecule has 2 rings (SSSR count). The zero-order chi connectivity index (χ0) is 12.1. The summed E-state index contributed by atoms with van der Waals surface area (Å²) in [7, 11) is 0. The first-order chi connectivity index (χ1) is 8.25. The summed E-state index contributed by atoms with van der Waals surface area (Å²) in [6, 6.07) is 9.45. The molecule has 4 nitrogen and oxygen atoms in total. The molecule has 1 heterocycles. The van der Waals surface area contributed by atoms with E-state index in [0.29, 0.717) is 0 Å². The molecule has 1 amide bonds. The number of hydrogen-bond donors (Lipinski definition) is 1. The van der Waals surface area contributed by atoms with Gasteiger partial charge in [0, 0.05) is 6.20 Å². The molecule has 0 spiro atoms. The van der Waals surface area contributed by atoms with Crippen molar-refractivity contribution in [2.75, 3.05) is 6.54 Å². The average molecular weight is 231 g/mol. The quantitative estimate of drug-likeness (QED) is 0.851. The van der Waals surface area contributed by atoms with E-state index in [9.17, 15) is 9.90 Å². The van der Waals surface area contributed by atoms with Gasteiger partial charge in [-0.25, -0.2) is 4.79 Å². The van der Waals surface area contributed by atoms with E-state index >= 15 is 0 Å². The topological polar surface area (TPSA) is 49.8 Å². The van der Waals surface area contributed by atoms with Gasteiger partial charge in [-0.15, -0.1) is 0 Å². The van der Waals surface area contributed by atoms with E-state index < -0.39 is 6.09 Å². The second-order valence-electron chi connectivity index (χ2n) is 3.67. The molecule has 0 bridgehead atoms. The van der Waals surface area contributed by atoms with Crippen LogP contribution in [0.3, 0.4) is 0 Å². The highest BCUT2D eigenvalue weighted by Gasteiger charge is 2.15. The van der Waals surface area contributed by atoms with Crippen LogP contribution < -0.4 is 0 Å². The van der Waals surface area contributed by atoms with Gasteiger partial charge in [0.05, 0.1) is 6.54 Å². The summed E-state index contributed by atoms with van der Waals surface area (Å²) >= 11 is 0. The van der Waals surface area contributed by atoms with Crippen molar-refractivity contribution >= 4 is 6.09 Å². The average Bonchev–Trinajstić information content (AvgIpc) is 2.37. The molecule has 0 aliphatic carbocycles. The smallest absolute Gasteiger partial charge is 0.414 e. The molecule has 1 N–H and O–H groups in total. The van der Waals surface area contributed by atoms with Crippen LogP contribution in [0.5, 0.6) is 0 Å². The van der Waals surface area contributed by atoms with E-state index in [2.05, 4.69) is 0 Å². The lowest BCUT2D eigenvalue weighted by Crippen LogP contribution is -2.29. The molecule has 0 saturated carbocycles. The van der Waals surface area contributed by atoms with Crippen molar-refractivity contribution in [1.82, 2.24) is 4.90 Å². The number of benzene rings is 1. The highest BCUT2D eigenvalue weighted by atomic mass is 16.6. The SMILES string of the molecule is O=C(OCc1ccccc1)N1C=CC=C(O)C1. The fraction of sp³-hybridized carbons (Fsp3) is 0.154. The normalized spacial score (nSPS) is 14.4. The van der Waals surface area contributed by atoms with E-state index in [1.165, 1.54) is 4.90 Å². The Balaban J connectivity index is 1.86. The third-order valence-electron chi connectivity index (χ3n) is 2.33. The van der Waals surface area contributed by atoms with Crippen molar-refractivity contribution < 1.29 is 14.6 Å². The highest BCUT2D eigenvalue weighted by Crippen LogP contribution is 2.08. The summed E-state index contributed by atoms with van der Waals surface area (Å²) in [5, 5.41) is 9.27. The van der Waals surface area contributed by atoms with E-state index in [1.807, 2.05) is 30.3 Å². The molecule has 0 aromatic heterocycles. The van der Waals surface area contributed by atoms with Crippen LogP contribution in [-0.2, 0) is 11.3 Å². The van der Waals surface area contributed by atoms with E-state index in [4.69, 9.17) is 4.74 Å². The Bertz CT molecular complexity index is 451. The van der Waals surface area contributed by atoms with Gasteiger partial charge >= 0.3 is 6.09 Å². The van der Waals surface area contributed by atoms with Crippen molar-refractivity contribution in [3.05, 3.63) is 60.0 Å². The summed E-state index contributed by atoms with van der Waals surface area (Å²) in [5.74, 6) is 0.143. The summed E-state index contributed by atoms with van der Waals surface area (Å²) in [6.07, 6.45) is 4.25. The van der Waals surface area contributed by atoms with Crippen LogP contribution in [0, 0.1) is 0 Å². The Morgan fingerprint density at radius 2 is 2.12 bits per heavy atom. The van der Waals surface area contributed by atoms with Crippen LogP contribution in [0.1, 0.15) is 5.56 Å². The van der Waals surface area contributed by atoms with Crippen molar-refractivity contribution in [2.24, 2.45) is 0 Å². The van der Waals surface area contributed by atoms with Crippen LogP contribution >= 0.6 is 0 Å². The molecule has 88 valence electrons. The van der Waals surface area contributed by atoms with Gasteiger partial charge in [-0.05, 0) is 17.7 Å². The minimum atomic E-state index is -0.468. The lowest BCUT2D eigenvalue weighted by molar-refractivity contribution is 0.109. The third-order valence-corrected chi connectivity index (χ3v) is 2.33. The van der Waals surface area contributed by atoms with Crippen molar-refractivity contribution in [2.45, 2.75) is 6.61 Å². The molecule has 1 aliphatic rings. The fourth-order valence-electron chi connectivity index (χ4n) is 1.47. The molecule has 4 heteroatoms. The van der Waals surface area contributed by atoms with Gasteiger partial charge in [0.2, 0.25) is 0 Å². The van der Waals surface area contributed by atoms with Gasteiger partial charge in [-0.3, -0.25) is 4.90 Å². The number of ether oxygens (including phenoxy) is 1. The van der Waals surface area contributed by atoms with Crippen LogP contribution in [0.25, 0.3) is 0 Å². The summed E-state index contributed by atoms with van der Waals surface area (Å²) in [6.45, 7) is 0.388. The van der Waals surface area contributed by atoms with Gasteiger partial charge in [-0.1, -0.05) is 30.3 Å². The van der Waals surface area contributed by atoms with Gasteiger partial charge < -0.3 is 9.84 Å². The number of rotatable bonds is 2. The molecule has 0 saturated heterocycles. The molecule has 0 radical (unpaired) electrons. The lowest BCUT2D eigenvalue weighted by atomic mass is 10.2. The predicted octanol–water partition coefficient (Wildman–Crippen LogP) is 2.59. The first-order valence-corrected chi connectivity index (χ1v) is 5.29. The first-order valence-electron chi connectivity index (χ1n) is 5.29. The molecule has 1 aromatic carbocycles. The minimum Gasteiger partial charge on any atom is -0.510 e. The first kappa shape index (κ1) is 11.3. The lowest BCUT2D eigenvalue weighted by Gasteiger charge is -2.19. The van der Waals surface area contributed by atoms with Crippen LogP contribution in [0.2, 0.25) is 0 Å². The molecule has 17 heavy (non-hydrogen) atoms. The number of allylic oxidation sites excluding steroid dienone is 2. The van der Waals surface area contributed by atoms with Gasteiger partial charge in [0.25, 0.3) is 0 Å². The molecule has 0 unspecified atom stereocenters. The molecule has 1 aromatic rings. The second kappa shape index (κ2) is 5.21. The van der Waals surface area contributed by atoms with Crippen LogP contribution in [0.4, 0.5) is 4.79 Å². The van der Waals surface area contributed by atoms with Crippen molar-refractivity contribution in [3.63, 3.8) is 0 Å². The Labute approximate surface area is 99.4 Å². The highest BCUT2D eigenvalue weighted by molar-refractivity contribution is 5.69. The van der Waals surface area contributed by atoms with E-state index in [0.717, 1.165) is 5.56 Å². The Hall–Kier alpha value is -2.23. The number of amides is 1. The molecular formula is C13H13NO3. The zero-order valence-corrected chi connectivity index (χ0v) is 9.24. The molecule has 0 fully saturated rings. The maximum Gasteiger partial charge on any atom is 0.414 e. The number of hydrogen-bond acceptors (Lipinski definition) is 3. The fourth-order valence-corrected chi connectivity index (χ4v) is 1.47. The van der Waals surface area contributed by atoms with E-state index in [-0.39, 0.29) is 18.9 Å². The molecule has 1 aliphatic heterocycles. The maximum atomic E-state index is 11.6. The molecule has 0 atom stereocenters. The van der Waals surface area contributed by atoms with Gasteiger partial charge in [-0.2, -0.15) is 0 Å². The number of aliphatic hydroxyl groups is 1. The monoisotopic (exact) mass is 231 g/mol. The Kier molecular flexibility index (Phi) is 3.45. The number of carbonyl (C=O) groups is 1. The van der Waals surface area contributed by atoms with Crippen LogP contribution in [0.15, 0.2) is 54.4 Å². The Morgan fingerprint density at radius 1 is 1.35 bits per heavy atom. The maximum absolute atomic E-state index is 11.6. The van der Waals surface area contributed by atoms with Gasteiger partial charge in [0.1, 0.15) is 12.4 Å². The zero-order valence-electron chi connectivity index (χ0n) is 9.24. The predicted molar refractivity (Wildman–Crippen MR) is 63.2 cm³/mol. The second-order valence-corrected chi connectivity index (χ2v) is 3.67. The largest absolute Gasteiger partial charge is 0.510 e. The molecular weight excluding hydrogens is 218 g/mol. The van der Waals surface area contributed by atoms with E-state index in [1.54, 1.807) is 18.4 Å². The van der Waals surface area contributed by atoms with Crippen LogP contribution in [-0.4, -0.2) is 22.6 Å². The standard InChI is InChI=1S/C13H13NO3/c15-12-7-4-8-14(9-12)13(16)17-10-11-5-2-1-3-6-11/h1-8,15H,9-10H2. The number of nitrogens with zero attached hydrogens (tertiary/aromatic N) is 1. The summed E-state index contributed by atoms with van der Waals surface area (Å²) in [4.78, 5) is 12.9. The third kappa shape index (κ3) is 3.11. The Morgan fingerprint density at radius 3 is 2.82 bits per heavy atom. The van der Waals surface area contributed by atoms with Crippen molar-refractivity contribution in [1.29, 1.82) is 0 Å². The summed E-state index contributed by atoms with van der Waals surface area (Å²) in [5.41, 5.74) is 0.932. The summed E-state index contributed by atoms with van der Waals surface area (Å²) < 4.78 is 5.11. The van der Waals surface area contributed by atoms with Gasteiger partial charge in [0.15, 0.2) is 0 Å². The van der Waals surface area contributed by atoms with Crippen molar-refractivity contribution in [3.8, 4) is 0 Å². The number of aliphatic hydroxyl groups excluding tert-OH is 1. The number of carbonyl (C=O) groups excluding carboxylic acids is 1.